The third-order valence-corrected chi connectivity index (χ3v) is 3.62. The molecule has 0 amide bonds. The van der Waals surface area contributed by atoms with Gasteiger partial charge < -0.3 is 4.74 Å². The second kappa shape index (κ2) is 5.83. The zero-order valence-electron chi connectivity index (χ0n) is 12.5. The summed E-state index contributed by atoms with van der Waals surface area (Å²) in [6.45, 7) is 7.78. The van der Waals surface area contributed by atoms with Gasteiger partial charge in [-0.05, 0) is 50.8 Å². The molecule has 0 spiro atoms. The summed E-state index contributed by atoms with van der Waals surface area (Å²) in [5.74, 6) is 0. The van der Waals surface area contributed by atoms with E-state index >= 15 is 0 Å². The first-order chi connectivity index (χ1) is 9.42. The van der Waals surface area contributed by atoms with E-state index in [1.165, 1.54) is 0 Å². The van der Waals surface area contributed by atoms with Gasteiger partial charge in [-0.3, -0.25) is 0 Å². The van der Waals surface area contributed by atoms with E-state index in [4.69, 9.17) is 4.74 Å². The van der Waals surface area contributed by atoms with Gasteiger partial charge in [0.05, 0.1) is 15.9 Å². The maximum atomic E-state index is 12.4. The molecule has 0 aliphatic carbocycles. The number of unbranched alkanes of at least 4 members (excludes halogenated alkanes) is 1. The largest absolute Gasteiger partial charge is 0.443 e. The number of carbonyl (C=O) groups excluding carboxylic acids is 1. The molecule has 3 nitrogen and oxygen atoms in total. The highest BCUT2D eigenvalue weighted by Crippen LogP contribution is 2.27. The van der Waals surface area contributed by atoms with Crippen molar-refractivity contribution in [1.82, 2.24) is 4.57 Å². The summed E-state index contributed by atoms with van der Waals surface area (Å²) >= 11 is 1.63. The molecule has 0 atom stereocenters. The third-order valence-electron chi connectivity index (χ3n) is 2.77. The number of hydrogen-bond acceptors (Lipinski definition) is 3. The standard InChI is InChI=1S/C16H21NO2S/c1-5-6-7-8-12-11-14-13(9-10-20-14)17(12)15(18)19-16(2,3)4/h7-11H,5-6H2,1-4H3/b8-7+. The molecule has 2 aromatic rings. The number of ether oxygens (including phenoxy) is 1. The van der Waals surface area contributed by atoms with Crippen LogP contribution in [0.25, 0.3) is 16.3 Å². The summed E-state index contributed by atoms with van der Waals surface area (Å²) in [7, 11) is 0. The number of aromatic nitrogens is 1. The molecule has 0 saturated carbocycles. The Balaban J connectivity index is 2.40. The van der Waals surface area contributed by atoms with Crippen LogP contribution in [0.5, 0.6) is 0 Å². The highest BCUT2D eigenvalue weighted by atomic mass is 32.1. The van der Waals surface area contributed by atoms with Gasteiger partial charge in [-0.2, -0.15) is 0 Å². The summed E-state index contributed by atoms with van der Waals surface area (Å²) in [6, 6.07) is 4.00. The van der Waals surface area contributed by atoms with E-state index in [1.807, 2.05) is 44.4 Å². The van der Waals surface area contributed by atoms with E-state index in [0.29, 0.717) is 0 Å². The average Bonchev–Trinajstić information content (AvgIpc) is 2.86. The zero-order valence-corrected chi connectivity index (χ0v) is 13.3. The molecule has 2 rings (SSSR count). The number of nitrogens with zero attached hydrogens (tertiary/aromatic N) is 1. The predicted octanol–water partition coefficient (Wildman–Crippen LogP) is 5.30. The van der Waals surface area contributed by atoms with Crippen molar-refractivity contribution in [1.29, 1.82) is 0 Å². The second-order valence-corrected chi connectivity index (χ2v) is 6.69. The monoisotopic (exact) mass is 291 g/mol. The highest BCUT2D eigenvalue weighted by Gasteiger charge is 2.21. The van der Waals surface area contributed by atoms with Crippen LogP contribution in [0, 0.1) is 0 Å². The molecule has 108 valence electrons. The summed E-state index contributed by atoms with van der Waals surface area (Å²) in [5, 5.41) is 1.99. The zero-order chi connectivity index (χ0) is 14.8. The van der Waals surface area contributed by atoms with E-state index in [0.717, 1.165) is 28.8 Å². The summed E-state index contributed by atoms with van der Waals surface area (Å²) in [6.07, 6.45) is 5.88. The minimum atomic E-state index is -0.492. The fourth-order valence-electron chi connectivity index (χ4n) is 1.95. The van der Waals surface area contributed by atoms with Crippen molar-refractivity contribution in [3.05, 3.63) is 29.3 Å². The molecule has 0 aliphatic rings. The Bertz CT molecular complexity index is 628. The maximum Gasteiger partial charge on any atom is 0.419 e. The van der Waals surface area contributed by atoms with Gasteiger partial charge >= 0.3 is 6.09 Å². The topological polar surface area (TPSA) is 31.2 Å². The first kappa shape index (κ1) is 14.9. The van der Waals surface area contributed by atoms with Crippen LogP contribution in [0.4, 0.5) is 4.79 Å². The molecule has 0 aliphatic heterocycles. The number of allylic oxidation sites excluding steroid dienone is 1. The highest BCUT2D eigenvalue weighted by molar-refractivity contribution is 7.17. The van der Waals surface area contributed by atoms with Crippen molar-refractivity contribution in [2.45, 2.75) is 46.1 Å². The van der Waals surface area contributed by atoms with Crippen molar-refractivity contribution < 1.29 is 9.53 Å². The van der Waals surface area contributed by atoms with Crippen LogP contribution in [-0.4, -0.2) is 16.3 Å². The SMILES string of the molecule is CCC/C=C/c1cc2sccc2n1C(=O)OC(C)(C)C. The number of carbonyl (C=O) groups is 1. The predicted molar refractivity (Wildman–Crippen MR) is 85.4 cm³/mol. The lowest BCUT2D eigenvalue weighted by Gasteiger charge is -2.20. The lowest BCUT2D eigenvalue weighted by Crippen LogP contribution is -2.27. The van der Waals surface area contributed by atoms with Crippen LogP contribution in [-0.2, 0) is 4.74 Å². The summed E-state index contributed by atoms with van der Waals surface area (Å²) in [5.41, 5.74) is 1.31. The summed E-state index contributed by atoms with van der Waals surface area (Å²) < 4.78 is 8.26. The lowest BCUT2D eigenvalue weighted by atomic mass is 10.2. The van der Waals surface area contributed by atoms with E-state index in [-0.39, 0.29) is 6.09 Å². The molecule has 20 heavy (non-hydrogen) atoms. The number of fused-ring (bicyclic) bond motifs is 1. The van der Waals surface area contributed by atoms with Gasteiger partial charge in [-0.25, -0.2) is 9.36 Å². The molecular formula is C16H21NO2S. The average molecular weight is 291 g/mol. The third kappa shape index (κ3) is 3.31. The van der Waals surface area contributed by atoms with Crippen LogP contribution in [0.15, 0.2) is 23.6 Å². The molecular weight excluding hydrogens is 270 g/mol. The maximum absolute atomic E-state index is 12.4. The van der Waals surface area contributed by atoms with Gasteiger partial charge in [-0.15, -0.1) is 11.3 Å². The minimum absolute atomic E-state index is 0.318. The molecule has 4 heteroatoms. The fourth-order valence-corrected chi connectivity index (χ4v) is 2.76. The van der Waals surface area contributed by atoms with E-state index in [1.54, 1.807) is 15.9 Å². The van der Waals surface area contributed by atoms with Crippen LogP contribution in [0.2, 0.25) is 0 Å². The van der Waals surface area contributed by atoms with Crippen LogP contribution < -0.4 is 0 Å². The second-order valence-electron chi connectivity index (χ2n) is 5.75. The van der Waals surface area contributed by atoms with Crippen molar-refractivity contribution in [3.63, 3.8) is 0 Å². The van der Waals surface area contributed by atoms with Crippen LogP contribution >= 0.6 is 11.3 Å². The summed E-state index contributed by atoms with van der Waals surface area (Å²) in [4.78, 5) is 12.4. The Morgan fingerprint density at radius 3 is 2.85 bits per heavy atom. The molecule has 2 heterocycles. The molecule has 0 unspecified atom stereocenters. The Kier molecular flexibility index (Phi) is 4.33. The first-order valence-electron chi connectivity index (χ1n) is 6.91. The number of thiophene rings is 1. The first-order valence-corrected chi connectivity index (χ1v) is 7.79. The number of hydrogen-bond donors (Lipinski definition) is 0. The Morgan fingerprint density at radius 2 is 2.20 bits per heavy atom. The molecule has 0 N–H and O–H groups in total. The van der Waals surface area contributed by atoms with E-state index < -0.39 is 5.60 Å². The van der Waals surface area contributed by atoms with E-state index in [9.17, 15) is 4.79 Å². The van der Waals surface area contributed by atoms with Gasteiger partial charge in [0, 0.05) is 0 Å². The Labute approximate surface area is 123 Å². The molecule has 0 saturated heterocycles. The van der Waals surface area contributed by atoms with Crippen molar-refractivity contribution in [2.75, 3.05) is 0 Å². The Hall–Kier alpha value is -1.55. The molecule has 0 fully saturated rings. The van der Waals surface area contributed by atoms with Crippen molar-refractivity contribution >= 4 is 33.7 Å². The normalized spacial score (nSPS) is 12.4. The van der Waals surface area contributed by atoms with E-state index in [2.05, 4.69) is 13.0 Å². The number of rotatable bonds is 3. The molecule has 0 aromatic carbocycles. The smallest absolute Gasteiger partial charge is 0.419 e. The van der Waals surface area contributed by atoms with Crippen LogP contribution in [0.3, 0.4) is 0 Å². The van der Waals surface area contributed by atoms with Gasteiger partial charge in [0.15, 0.2) is 0 Å². The van der Waals surface area contributed by atoms with Crippen molar-refractivity contribution in [2.24, 2.45) is 0 Å². The van der Waals surface area contributed by atoms with Gasteiger partial charge in [0.25, 0.3) is 0 Å². The molecule has 2 aromatic heterocycles. The van der Waals surface area contributed by atoms with Gasteiger partial charge in [0.1, 0.15) is 5.60 Å². The molecule has 0 bridgehead atoms. The van der Waals surface area contributed by atoms with Crippen LogP contribution in [0.1, 0.15) is 46.2 Å². The Morgan fingerprint density at radius 1 is 1.45 bits per heavy atom. The quantitative estimate of drug-likeness (QED) is 0.768. The lowest BCUT2D eigenvalue weighted by molar-refractivity contribution is 0.0544. The van der Waals surface area contributed by atoms with Gasteiger partial charge in [-0.1, -0.05) is 19.4 Å². The van der Waals surface area contributed by atoms with Gasteiger partial charge in [0.2, 0.25) is 0 Å². The molecule has 0 radical (unpaired) electrons. The minimum Gasteiger partial charge on any atom is -0.443 e. The van der Waals surface area contributed by atoms with Crippen molar-refractivity contribution in [3.8, 4) is 0 Å². The fraction of sp³-hybridized carbons (Fsp3) is 0.438.